The molecule has 3 N–H and O–H groups in total. The quantitative estimate of drug-likeness (QED) is 0.345. The summed E-state index contributed by atoms with van der Waals surface area (Å²) in [6.07, 6.45) is 1.22. The second-order valence-electron chi connectivity index (χ2n) is 9.76. The van der Waals surface area contributed by atoms with Crippen molar-refractivity contribution >= 4 is 22.8 Å². The van der Waals surface area contributed by atoms with Gasteiger partial charge in [0.15, 0.2) is 17.1 Å². The second-order valence-corrected chi connectivity index (χ2v) is 9.76. The van der Waals surface area contributed by atoms with Crippen molar-refractivity contribution in [2.75, 3.05) is 13.4 Å². The molecule has 11 heteroatoms. The van der Waals surface area contributed by atoms with Crippen LogP contribution in [0.25, 0.3) is 22.3 Å². The van der Waals surface area contributed by atoms with Crippen LogP contribution in [-0.2, 0) is 39.5 Å². The lowest BCUT2D eigenvalue weighted by atomic mass is 9.82. The standard InChI is InChI=1S/C26H23N3O8/c1-2-26(34)14-5-17-22-12(7-29(17)24(32)13(14)9-35-25(26)33)21-15(27-19(31)8-30)4-3-11-20(21)16(28-22)6-18-23(11)37-10-36-18/h5-6,15,30,34H,2-4,7-10H2,1H3,(H,27,31)/t15?,26-/m0/s1. The van der Waals surface area contributed by atoms with Gasteiger partial charge < -0.3 is 34.3 Å². The Bertz CT molecular complexity index is 1630. The molecule has 1 aliphatic carbocycles. The van der Waals surface area contributed by atoms with Crippen molar-refractivity contribution < 1.29 is 34.0 Å². The van der Waals surface area contributed by atoms with Gasteiger partial charge in [-0.05, 0) is 30.9 Å². The largest absolute Gasteiger partial charge is 0.458 e. The summed E-state index contributed by atoms with van der Waals surface area (Å²) in [6, 6.07) is 3.04. The Morgan fingerprint density at radius 3 is 2.84 bits per heavy atom. The van der Waals surface area contributed by atoms with Crippen LogP contribution < -0.4 is 20.3 Å². The molecule has 11 nitrogen and oxygen atoms in total. The molecule has 0 fully saturated rings. The third-order valence-electron chi connectivity index (χ3n) is 7.97. The van der Waals surface area contributed by atoms with Crippen LogP contribution in [0.3, 0.4) is 0 Å². The molecule has 190 valence electrons. The van der Waals surface area contributed by atoms with E-state index in [0.717, 1.165) is 22.1 Å². The zero-order valence-electron chi connectivity index (χ0n) is 19.9. The number of cyclic esters (lactones) is 1. The lowest BCUT2D eigenvalue weighted by molar-refractivity contribution is -0.172. The maximum absolute atomic E-state index is 13.6. The first-order valence-corrected chi connectivity index (χ1v) is 12.2. The van der Waals surface area contributed by atoms with Gasteiger partial charge in [-0.3, -0.25) is 9.59 Å². The molecular weight excluding hydrogens is 482 g/mol. The van der Waals surface area contributed by atoms with Gasteiger partial charge in [0.25, 0.3) is 5.56 Å². The number of hydrogen-bond acceptors (Lipinski definition) is 9. The van der Waals surface area contributed by atoms with Crippen LogP contribution >= 0.6 is 0 Å². The van der Waals surface area contributed by atoms with Crippen LogP contribution in [0.15, 0.2) is 16.9 Å². The van der Waals surface area contributed by atoms with E-state index in [1.807, 2.05) is 0 Å². The molecule has 2 atom stereocenters. The summed E-state index contributed by atoms with van der Waals surface area (Å²) in [4.78, 5) is 43.3. The molecule has 3 aromatic rings. The molecule has 0 spiro atoms. The SMILES string of the molecule is CC[C@@]1(O)C(=O)OCc2c1cc1n(c2=O)Cc2c-1nc1cc3c(c4c1c2C(NC(=O)CO)CC4)OCO3. The number of rotatable bonds is 3. The van der Waals surface area contributed by atoms with Crippen LogP contribution in [0, 0.1) is 0 Å². The number of benzene rings is 1. The normalized spacial score (nSPS) is 22.4. The number of carbonyl (C=O) groups is 2. The molecule has 5 heterocycles. The van der Waals surface area contributed by atoms with Gasteiger partial charge in [0.2, 0.25) is 12.7 Å². The Kier molecular flexibility index (Phi) is 4.53. The highest BCUT2D eigenvalue weighted by Crippen LogP contribution is 2.50. The Hall–Kier alpha value is -3.96. The molecule has 37 heavy (non-hydrogen) atoms. The first kappa shape index (κ1) is 22.3. The topological polar surface area (TPSA) is 149 Å². The number of ether oxygens (including phenoxy) is 3. The lowest BCUT2D eigenvalue weighted by Crippen LogP contribution is -2.44. The fourth-order valence-electron chi connectivity index (χ4n) is 6.17. The van der Waals surface area contributed by atoms with E-state index in [9.17, 15) is 24.6 Å². The minimum Gasteiger partial charge on any atom is -0.458 e. The number of esters is 1. The maximum Gasteiger partial charge on any atom is 0.343 e. The Morgan fingerprint density at radius 1 is 1.22 bits per heavy atom. The van der Waals surface area contributed by atoms with E-state index < -0.39 is 30.1 Å². The number of aromatic nitrogens is 2. The van der Waals surface area contributed by atoms with Gasteiger partial charge >= 0.3 is 5.97 Å². The number of nitrogens with one attached hydrogen (secondary N) is 1. The van der Waals surface area contributed by atoms with Crippen molar-refractivity contribution in [3.63, 3.8) is 0 Å². The van der Waals surface area contributed by atoms with Crippen molar-refractivity contribution in [1.29, 1.82) is 0 Å². The number of aliphatic hydroxyl groups excluding tert-OH is 1. The predicted molar refractivity (Wildman–Crippen MR) is 127 cm³/mol. The van der Waals surface area contributed by atoms with Crippen LogP contribution in [0.4, 0.5) is 0 Å². The third-order valence-corrected chi connectivity index (χ3v) is 7.97. The van der Waals surface area contributed by atoms with Gasteiger partial charge in [0, 0.05) is 28.1 Å². The average molecular weight is 505 g/mol. The van der Waals surface area contributed by atoms with E-state index in [2.05, 4.69) is 5.32 Å². The molecule has 7 rings (SSSR count). The predicted octanol–water partition coefficient (Wildman–Crippen LogP) is 0.904. The molecule has 0 radical (unpaired) electrons. The molecule has 0 bridgehead atoms. The van der Waals surface area contributed by atoms with Crippen molar-refractivity contribution in [3.05, 3.63) is 50.3 Å². The molecule has 0 saturated carbocycles. The molecule has 3 aliphatic heterocycles. The van der Waals surface area contributed by atoms with Crippen molar-refractivity contribution in [1.82, 2.24) is 14.9 Å². The molecule has 0 saturated heterocycles. The number of aryl methyl sites for hydroxylation is 1. The van der Waals surface area contributed by atoms with Crippen molar-refractivity contribution in [2.45, 2.75) is 51.0 Å². The summed E-state index contributed by atoms with van der Waals surface area (Å²) in [6.45, 7) is 1.11. The van der Waals surface area contributed by atoms with Crippen molar-refractivity contribution in [3.8, 4) is 22.9 Å². The minimum atomic E-state index is -1.92. The lowest BCUT2D eigenvalue weighted by Gasteiger charge is -2.31. The summed E-state index contributed by atoms with van der Waals surface area (Å²) in [5, 5.41) is 24.3. The van der Waals surface area contributed by atoms with Crippen LogP contribution in [0.2, 0.25) is 0 Å². The number of aliphatic hydroxyl groups is 2. The van der Waals surface area contributed by atoms with Crippen LogP contribution in [0.5, 0.6) is 11.5 Å². The monoisotopic (exact) mass is 505 g/mol. The van der Waals surface area contributed by atoms with Gasteiger partial charge in [0.05, 0.1) is 35.1 Å². The van der Waals surface area contributed by atoms with Gasteiger partial charge in [-0.15, -0.1) is 0 Å². The van der Waals surface area contributed by atoms with Gasteiger partial charge in [0.1, 0.15) is 13.2 Å². The smallest absolute Gasteiger partial charge is 0.343 e. The molecule has 4 aliphatic rings. The highest BCUT2D eigenvalue weighted by molar-refractivity contribution is 5.96. The van der Waals surface area contributed by atoms with Gasteiger partial charge in [-0.2, -0.15) is 0 Å². The zero-order chi connectivity index (χ0) is 25.6. The number of hydrogen-bond donors (Lipinski definition) is 3. The molecule has 1 amide bonds. The number of amides is 1. The summed E-state index contributed by atoms with van der Waals surface area (Å²) in [7, 11) is 0. The summed E-state index contributed by atoms with van der Waals surface area (Å²) in [5.74, 6) is -0.0348. The molecule has 1 unspecified atom stereocenters. The van der Waals surface area contributed by atoms with E-state index in [-0.39, 0.29) is 43.1 Å². The fourth-order valence-corrected chi connectivity index (χ4v) is 6.17. The molecule has 1 aromatic carbocycles. The number of nitrogens with zero attached hydrogens (tertiary/aromatic N) is 2. The Balaban J connectivity index is 1.52. The van der Waals surface area contributed by atoms with Crippen LogP contribution in [-0.4, -0.2) is 45.0 Å². The summed E-state index contributed by atoms with van der Waals surface area (Å²) in [5.41, 5.74) is 2.36. The maximum atomic E-state index is 13.6. The molecular formula is C26H23N3O8. The van der Waals surface area contributed by atoms with Crippen molar-refractivity contribution in [2.24, 2.45) is 0 Å². The van der Waals surface area contributed by atoms with E-state index in [0.29, 0.717) is 41.2 Å². The number of carbonyl (C=O) groups excluding carboxylic acids is 2. The highest BCUT2D eigenvalue weighted by Gasteiger charge is 2.46. The van der Waals surface area contributed by atoms with E-state index >= 15 is 0 Å². The van der Waals surface area contributed by atoms with Gasteiger partial charge in [-0.25, -0.2) is 9.78 Å². The van der Waals surface area contributed by atoms with E-state index in [1.165, 1.54) is 0 Å². The summed E-state index contributed by atoms with van der Waals surface area (Å²) < 4.78 is 18.1. The Labute approximate surface area is 209 Å². The number of fused-ring (bicyclic) bond motifs is 7. The van der Waals surface area contributed by atoms with Crippen LogP contribution in [0.1, 0.15) is 53.6 Å². The fraction of sp³-hybridized carbons (Fsp3) is 0.385. The number of pyridine rings is 2. The Morgan fingerprint density at radius 2 is 2.05 bits per heavy atom. The summed E-state index contributed by atoms with van der Waals surface area (Å²) >= 11 is 0. The van der Waals surface area contributed by atoms with E-state index in [1.54, 1.807) is 23.6 Å². The minimum absolute atomic E-state index is 0.0487. The second kappa shape index (κ2) is 7.53. The average Bonchev–Trinajstić information content (AvgIpc) is 3.52. The first-order valence-electron chi connectivity index (χ1n) is 12.2. The first-order chi connectivity index (χ1) is 17.9. The zero-order valence-corrected chi connectivity index (χ0v) is 19.9. The third kappa shape index (κ3) is 2.83. The highest BCUT2D eigenvalue weighted by atomic mass is 16.7. The van der Waals surface area contributed by atoms with E-state index in [4.69, 9.17) is 19.2 Å². The van der Waals surface area contributed by atoms with Gasteiger partial charge in [-0.1, -0.05) is 6.92 Å². The molecule has 2 aromatic heterocycles.